The van der Waals surface area contributed by atoms with Gasteiger partial charge in [0.15, 0.2) is 5.82 Å². The van der Waals surface area contributed by atoms with E-state index < -0.39 is 0 Å². The molecule has 0 saturated carbocycles. The first-order chi connectivity index (χ1) is 7.25. The van der Waals surface area contributed by atoms with Gasteiger partial charge in [0.05, 0.1) is 6.04 Å². The number of hydrogen-bond donors (Lipinski definition) is 3. The van der Waals surface area contributed by atoms with Gasteiger partial charge in [-0.2, -0.15) is 5.21 Å². The fraction of sp³-hybridized carbons (Fsp3) is 0.750. The van der Waals surface area contributed by atoms with Gasteiger partial charge in [-0.1, -0.05) is 5.21 Å². The molecule has 1 unspecified atom stereocenters. The number of nitrogens with zero attached hydrogens (tertiary/aromatic N) is 3. The maximum Gasteiger partial charge on any atom is 0.220 e. The summed E-state index contributed by atoms with van der Waals surface area (Å²) in [5.41, 5.74) is 0. The summed E-state index contributed by atoms with van der Waals surface area (Å²) in [7, 11) is 0. The average molecular weight is 210 g/mol. The van der Waals surface area contributed by atoms with Crippen LogP contribution in [0.4, 0.5) is 0 Å². The van der Waals surface area contributed by atoms with E-state index in [0.717, 1.165) is 13.1 Å². The minimum absolute atomic E-state index is 0.0406. The van der Waals surface area contributed by atoms with Crippen LogP contribution in [0.2, 0.25) is 0 Å². The fourth-order valence-corrected chi connectivity index (χ4v) is 1.47. The van der Waals surface area contributed by atoms with E-state index in [4.69, 9.17) is 0 Å². The zero-order valence-corrected chi connectivity index (χ0v) is 8.53. The van der Waals surface area contributed by atoms with Crippen LogP contribution in [0.25, 0.3) is 0 Å². The van der Waals surface area contributed by atoms with Crippen molar-refractivity contribution in [3.05, 3.63) is 5.82 Å². The Labute approximate surface area is 87.0 Å². The van der Waals surface area contributed by atoms with Crippen molar-refractivity contribution in [3.8, 4) is 0 Å². The summed E-state index contributed by atoms with van der Waals surface area (Å²) in [5.74, 6) is 1.02. The van der Waals surface area contributed by atoms with Gasteiger partial charge in [-0.15, -0.1) is 10.2 Å². The molecule has 7 heteroatoms. The summed E-state index contributed by atoms with van der Waals surface area (Å²) < 4.78 is 0. The van der Waals surface area contributed by atoms with Crippen molar-refractivity contribution in [2.75, 3.05) is 13.1 Å². The van der Waals surface area contributed by atoms with Gasteiger partial charge < -0.3 is 10.6 Å². The van der Waals surface area contributed by atoms with Crippen LogP contribution >= 0.6 is 0 Å². The molecular weight excluding hydrogens is 196 g/mol. The molecule has 3 N–H and O–H groups in total. The Hall–Kier alpha value is -1.50. The maximum absolute atomic E-state index is 11.5. The highest BCUT2D eigenvalue weighted by molar-refractivity contribution is 5.76. The molecule has 2 heterocycles. The molecular formula is C8H14N6O. The third-order valence-electron chi connectivity index (χ3n) is 2.47. The normalized spacial score (nSPS) is 18.2. The predicted molar refractivity (Wildman–Crippen MR) is 51.7 cm³/mol. The van der Waals surface area contributed by atoms with Crippen molar-refractivity contribution in [1.29, 1.82) is 0 Å². The van der Waals surface area contributed by atoms with Gasteiger partial charge in [-0.25, -0.2) is 0 Å². The molecule has 2 rings (SSSR count). The summed E-state index contributed by atoms with van der Waals surface area (Å²) in [6, 6.07) is -0.190. The van der Waals surface area contributed by atoms with Gasteiger partial charge in [0, 0.05) is 6.42 Å². The molecule has 0 aliphatic carbocycles. The smallest absolute Gasteiger partial charge is 0.220 e. The molecule has 1 amide bonds. The Balaban J connectivity index is 1.78. The highest BCUT2D eigenvalue weighted by Crippen LogP contribution is 2.10. The number of aromatic amines is 1. The largest absolute Gasteiger partial charge is 0.346 e. The van der Waals surface area contributed by atoms with Crippen LogP contribution < -0.4 is 10.6 Å². The van der Waals surface area contributed by atoms with E-state index in [-0.39, 0.29) is 11.9 Å². The van der Waals surface area contributed by atoms with Crippen LogP contribution in [-0.4, -0.2) is 39.6 Å². The number of aromatic nitrogens is 4. The second-order valence-electron chi connectivity index (χ2n) is 3.79. The minimum Gasteiger partial charge on any atom is -0.346 e. The number of amides is 1. The lowest BCUT2D eigenvalue weighted by atomic mass is 9.99. The van der Waals surface area contributed by atoms with Crippen molar-refractivity contribution in [1.82, 2.24) is 31.3 Å². The molecule has 1 aromatic rings. The topological polar surface area (TPSA) is 95.6 Å². The van der Waals surface area contributed by atoms with Gasteiger partial charge in [0.2, 0.25) is 5.91 Å². The van der Waals surface area contributed by atoms with Gasteiger partial charge in [0.25, 0.3) is 0 Å². The van der Waals surface area contributed by atoms with Crippen LogP contribution in [0.3, 0.4) is 0 Å². The van der Waals surface area contributed by atoms with Gasteiger partial charge in [-0.3, -0.25) is 4.79 Å². The summed E-state index contributed by atoms with van der Waals surface area (Å²) in [5, 5.41) is 19.4. The fourth-order valence-electron chi connectivity index (χ4n) is 1.47. The Bertz CT molecular complexity index is 320. The van der Waals surface area contributed by atoms with Crippen LogP contribution in [-0.2, 0) is 4.79 Å². The summed E-state index contributed by atoms with van der Waals surface area (Å²) in [6.07, 6.45) is 0.565. The summed E-state index contributed by atoms with van der Waals surface area (Å²) >= 11 is 0. The quantitative estimate of drug-likeness (QED) is 0.591. The molecule has 15 heavy (non-hydrogen) atoms. The molecule has 1 fully saturated rings. The van der Waals surface area contributed by atoms with Crippen molar-refractivity contribution >= 4 is 5.91 Å². The zero-order chi connectivity index (χ0) is 10.7. The Morgan fingerprint density at radius 1 is 1.67 bits per heavy atom. The van der Waals surface area contributed by atoms with Crippen LogP contribution in [0, 0.1) is 5.92 Å². The number of tetrazole rings is 1. The van der Waals surface area contributed by atoms with Gasteiger partial charge in [0.1, 0.15) is 0 Å². The minimum atomic E-state index is -0.190. The van der Waals surface area contributed by atoms with Crippen molar-refractivity contribution in [2.45, 2.75) is 19.4 Å². The lowest BCUT2D eigenvalue weighted by Crippen LogP contribution is -2.44. The van der Waals surface area contributed by atoms with E-state index >= 15 is 0 Å². The second kappa shape index (κ2) is 4.35. The molecule has 1 aliphatic rings. The molecule has 7 nitrogen and oxygen atoms in total. The number of carbonyl (C=O) groups is 1. The SMILES string of the molecule is CC(NC(=O)CC1CNC1)c1nn[nH]n1. The number of nitrogens with one attached hydrogen (secondary N) is 3. The Morgan fingerprint density at radius 2 is 2.47 bits per heavy atom. The van der Waals surface area contributed by atoms with Crippen LogP contribution in [0.1, 0.15) is 25.2 Å². The highest BCUT2D eigenvalue weighted by Gasteiger charge is 2.21. The second-order valence-corrected chi connectivity index (χ2v) is 3.79. The molecule has 1 atom stereocenters. The van der Waals surface area contributed by atoms with E-state index in [1.807, 2.05) is 6.92 Å². The number of carbonyl (C=O) groups excluding carboxylic acids is 1. The Kier molecular flexibility index (Phi) is 2.91. The average Bonchev–Trinajstić information content (AvgIpc) is 2.64. The van der Waals surface area contributed by atoms with E-state index in [9.17, 15) is 4.79 Å². The molecule has 1 saturated heterocycles. The van der Waals surface area contributed by atoms with E-state index in [1.165, 1.54) is 0 Å². The predicted octanol–water partition coefficient (Wildman–Crippen LogP) is -1.01. The first-order valence-electron chi connectivity index (χ1n) is 4.99. The standard InChI is InChI=1S/C8H14N6O/c1-5(8-11-13-14-12-8)10-7(15)2-6-3-9-4-6/h5-6,9H,2-4H2,1H3,(H,10,15)(H,11,12,13,14). The first-order valence-corrected chi connectivity index (χ1v) is 4.99. The number of H-pyrrole nitrogens is 1. The highest BCUT2D eigenvalue weighted by atomic mass is 16.1. The molecule has 1 aliphatic heterocycles. The number of hydrogen-bond acceptors (Lipinski definition) is 5. The molecule has 0 radical (unpaired) electrons. The maximum atomic E-state index is 11.5. The van der Waals surface area contributed by atoms with Crippen molar-refractivity contribution in [2.24, 2.45) is 5.92 Å². The third kappa shape index (κ3) is 2.50. The molecule has 1 aromatic heterocycles. The molecule has 0 aromatic carbocycles. The zero-order valence-electron chi connectivity index (χ0n) is 8.53. The van der Waals surface area contributed by atoms with E-state index in [2.05, 4.69) is 31.3 Å². The number of rotatable bonds is 4. The lowest BCUT2D eigenvalue weighted by molar-refractivity contribution is -0.123. The van der Waals surface area contributed by atoms with Gasteiger partial charge >= 0.3 is 0 Å². The first kappa shape index (κ1) is 10.0. The molecule has 82 valence electrons. The Morgan fingerprint density at radius 3 is 3.00 bits per heavy atom. The molecule has 0 bridgehead atoms. The van der Waals surface area contributed by atoms with Crippen LogP contribution in [0.15, 0.2) is 0 Å². The van der Waals surface area contributed by atoms with E-state index in [1.54, 1.807) is 0 Å². The van der Waals surface area contributed by atoms with E-state index in [0.29, 0.717) is 18.2 Å². The third-order valence-corrected chi connectivity index (χ3v) is 2.47. The monoisotopic (exact) mass is 210 g/mol. The summed E-state index contributed by atoms with van der Waals surface area (Å²) in [4.78, 5) is 11.5. The summed E-state index contributed by atoms with van der Waals surface area (Å²) in [6.45, 7) is 3.70. The van der Waals surface area contributed by atoms with Gasteiger partial charge in [-0.05, 0) is 25.9 Å². The van der Waals surface area contributed by atoms with Crippen molar-refractivity contribution in [3.63, 3.8) is 0 Å². The van der Waals surface area contributed by atoms with Crippen LogP contribution in [0.5, 0.6) is 0 Å². The van der Waals surface area contributed by atoms with Crippen molar-refractivity contribution < 1.29 is 4.79 Å². The lowest BCUT2D eigenvalue weighted by Gasteiger charge is -2.26. The molecule has 0 spiro atoms.